The van der Waals surface area contributed by atoms with E-state index in [2.05, 4.69) is 27.7 Å². The van der Waals surface area contributed by atoms with Gasteiger partial charge in [0.1, 0.15) is 0 Å². The van der Waals surface area contributed by atoms with Crippen molar-refractivity contribution in [3.8, 4) is 0 Å². The summed E-state index contributed by atoms with van der Waals surface area (Å²) in [5.74, 6) is -20.1. The zero-order valence-corrected chi connectivity index (χ0v) is 24.5. The minimum absolute atomic E-state index is 0. The number of unbranched alkanes of at least 4 members (excludes halogenated alkanes) is 4. The third kappa shape index (κ3) is 13.4. The average molecular weight is 684 g/mol. The van der Waals surface area contributed by atoms with Gasteiger partial charge < -0.3 is 4.48 Å². The van der Waals surface area contributed by atoms with Crippen LogP contribution in [0.25, 0.3) is 0 Å². The second-order valence-corrected chi connectivity index (χ2v) is 9.04. The van der Waals surface area contributed by atoms with Crippen LogP contribution in [-0.4, -0.2) is 30.7 Å². The van der Waals surface area contributed by atoms with E-state index in [4.69, 9.17) is 0 Å². The molecule has 2 aromatic rings. The van der Waals surface area contributed by atoms with Crippen LogP contribution in [0, 0.1) is 70.3 Å². The van der Waals surface area contributed by atoms with Crippen LogP contribution in [0.15, 0.2) is 0 Å². The molecule has 0 fully saturated rings. The predicted octanol–water partition coefficient (Wildman–Crippen LogP) is 9.37. The van der Waals surface area contributed by atoms with Gasteiger partial charge in [-0.05, 0) is 25.7 Å². The minimum Gasteiger partial charge on any atom is -0.324 e. The van der Waals surface area contributed by atoms with Gasteiger partial charge in [0, 0.05) is 0 Å². The Kier molecular flexibility index (Phi) is 21.5. The molecule has 0 saturated carbocycles. The average Bonchev–Trinajstić information content (AvgIpc) is 2.92. The fraction of sp³-hybridized carbons (Fsp3) is 0.571. The number of nitrogens with zero attached hydrogens (tertiary/aromatic N) is 1. The molecule has 0 aliphatic carbocycles. The summed E-state index contributed by atoms with van der Waals surface area (Å²) in [6.45, 7) is 15.0. The quantitative estimate of drug-likeness (QED) is 0.0522. The molecule has 0 aromatic heterocycles. The van der Waals surface area contributed by atoms with Crippen molar-refractivity contribution in [3.63, 3.8) is 0 Å². The Labute approximate surface area is 246 Å². The first-order chi connectivity index (χ1) is 18.3. The van der Waals surface area contributed by atoms with E-state index in [0.717, 1.165) is 12.1 Å². The van der Waals surface area contributed by atoms with E-state index in [0.29, 0.717) is 0 Å². The van der Waals surface area contributed by atoms with E-state index in [9.17, 15) is 43.9 Å². The molecule has 2 aromatic carbocycles. The fourth-order valence-corrected chi connectivity index (χ4v) is 3.64. The second kappa shape index (κ2) is 21.2. The Morgan fingerprint density at radius 2 is 0.600 bits per heavy atom. The van der Waals surface area contributed by atoms with Crippen molar-refractivity contribution in [1.82, 2.24) is 0 Å². The first kappa shape index (κ1) is 40.6. The maximum Gasteiger partial charge on any atom is 1.00 e. The first-order valence-electron chi connectivity index (χ1n) is 13.0. The van der Waals surface area contributed by atoms with Gasteiger partial charge in [0.05, 0.1) is 84.4 Å². The van der Waals surface area contributed by atoms with Gasteiger partial charge >= 0.3 is 22.4 Å². The van der Waals surface area contributed by atoms with Gasteiger partial charge in [-0.2, -0.15) is 0 Å². The number of quaternary nitrogens is 1. The van der Waals surface area contributed by atoms with Crippen LogP contribution in [0.2, 0.25) is 0 Å². The topological polar surface area (TPSA) is 0 Å². The monoisotopic (exact) mass is 683 g/mol. The SMILES string of the molecule is CCCC[N+](CCCC)(CCCC)CCCC.Fc1[c-]c(F)c(F)c(F)c1F.Fc1[c-]c(F)c(F)c(F)c1F.[Ag+]. The molecule has 0 atom stereocenters. The van der Waals surface area contributed by atoms with Crippen LogP contribution in [-0.2, 0) is 22.4 Å². The molecule has 0 N–H and O–H groups in total. The van der Waals surface area contributed by atoms with Gasteiger partial charge in [-0.15, -0.1) is 12.1 Å². The molecule has 0 unspecified atom stereocenters. The smallest absolute Gasteiger partial charge is 0.324 e. The zero-order chi connectivity index (χ0) is 30.2. The molecule has 40 heavy (non-hydrogen) atoms. The summed E-state index contributed by atoms with van der Waals surface area (Å²) in [5.41, 5.74) is 0. The molecule has 0 saturated heterocycles. The number of rotatable bonds is 12. The Balaban J connectivity index is 0. The van der Waals surface area contributed by atoms with Crippen LogP contribution in [0.4, 0.5) is 43.9 Å². The number of halogens is 10. The minimum atomic E-state index is -2.17. The third-order valence-electron chi connectivity index (χ3n) is 5.92. The summed E-state index contributed by atoms with van der Waals surface area (Å²) < 4.78 is 121. The molecular weight excluding hydrogens is 648 g/mol. The van der Waals surface area contributed by atoms with Gasteiger partial charge in [0.2, 0.25) is 0 Å². The van der Waals surface area contributed by atoms with Crippen molar-refractivity contribution in [2.45, 2.75) is 79.1 Å². The van der Waals surface area contributed by atoms with Crippen molar-refractivity contribution in [2.75, 3.05) is 26.2 Å². The van der Waals surface area contributed by atoms with Crippen molar-refractivity contribution in [1.29, 1.82) is 0 Å². The summed E-state index contributed by atoms with van der Waals surface area (Å²) in [7, 11) is 0. The van der Waals surface area contributed by atoms with Crippen molar-refractivity contribution in [2.24, 2.45) is 0 Å². The summed E-state index contributed by atoms with van der Waals surface area (Å²) in [6, 6.07) is 2.05. The fourth-order valence-electron chi connectivity index (χ4n) is 3.64. The Hall–Kier alpha value is -1.56. The summed E-state index contributed by atoms with van der Waals surface area (Å²) in [4.78, 5) is 0. The first-order valence-corrected chi connectivity index (χ1v) is 13.0. The number of benzene rings is 2. The number of hydrogen-bond donors (Lipinski definition) is 0. The molecule has 1 nitrogen and oxygen atoms in total. The Morgan fingerprint density at radius 1 is 0.400 bits per heavy atom. The molecule has 0 aliphatic heterocycles. The van der Waals surface area contributed by atoms with E-state index >= 15 is 0 Å². The maximum absolute atomic E-state index is 12.0. The molecule has 0 radical (unpaired) electrons. The maximum atomic E-state index is 12.0. The summed E-state index contributed by atoms with van der Waals surface area (Å²) in [6.07, 6.45) is 11.1. The Morgan fingerprint density at radius 3 is 0.775 bits per heavy atom. The summed E-state index contributed by atoms with van der Waals surface area (Å²) >= 11 is 0. The van der Waals surface area contributed by atoms with Crippen molar-refractivity contribution < 1.29 is 70.8 Å². The molecule has 0 spiro atoms. The van der Waals surface area contributed by atoms with Crippen LogP contribution in [0.3, 0.4) is 0 Å². The van der Waals surface area contributed by atoms with Gasteiger partial charge in [-0.25, -0.2) is 26.3 Å². The van der Waals surface area contributed by atoms with E-state index in [1.165, 1.54) is 82.0 Å². The third-order valence-corrected chi connectivity index (χ3v) is 5.92. The second-order valence-electron chi connectivity index (χ2n) is 9.04. The van der Waals surface area contributed by atoms with E-state index in [1.807, 2.05) is 0 Å². The van der Waals surface area contributed by atoms with Gasteiger partial charge in [0.15, 0.2) is 0 Å². The van der Waals surface area contributed by atoms with Crippen LogP contribution in [0.5, 0.6) is 0 Å². The van der Waals surface area contributed by atoms with E-state index in [-0.39, 0.29) is 22.4 Å². The van der Waals surface area contributed by atoms with E-state index < -0.39 is 58.2 Å². The van der Waals surface area contributed by atoms with Crippen molar-refractivity contribution in [3.05, 3.63) is 70.3 Å². The molecule has 0 heterocycles. The molecule has 0 bridgehead atoms. The van der Waals surface area contributed by atoms with Crippen LogP contribution in [0.1, 0.15) is 79.1 Å². The molecule has 2 rings (SSSR count). The predicted molar refractivity (Wildman–Crippen MR) is 129 cm³/mol. The Bertz CT molecular complexity index is 853. The molecule has 0 amide bonds. The standard InChI is InChI=1S/C16H36N.2C6F5.Ag/c1-5-9-13-17(14-10-6-2,15-11-7-3)16-12-8-4;2*7-2-1-3(8)5(10)6(11)4(2)9;/h5-16H2,1-4H3;;;/q+1;2*-1;+1. The van der Waals surface area contributed by atoms with Crippen LogP contribution >= 0.6 is 0 Å². The number of hydrogen-bond acceptors (Lipinski definition) is 0. The zero-order valence-electron chi connectivity index (χ0n) is 23.0. The summed E-state index contributed by atoms with van der Waals surface area (Å²) in [5, 5.41) is 0. The van der Waals surface area contributed by atoms with Gasteiger partial charge in [-0.3, -0.25) is 17.6 Å². The normalized spacial score (nSPS) is 10.8. The largest absolute Gasteiger partial charge is 1.00 e. The van der Waals surface area contributed by atoms with Crippen LogP contribution < -0.4 is 0 Å². The molecule has 12 heteroatoms. The van der Waals surface area contributed by atoms with Gasteiger partial charge in [0.25, 0.3) is 0 Å². The van der Waals surface area contributed by atoms with E-state index in [1.54, 1.807) is 0 Å². The molecule has 234 valence electrons. The molecule has 0 aliphatic rings. The van der Waals surface area contributed by atoms with Crippen molar-refractivity contribution >= 4 is 0 Å². The van der Waals surface area contributed by atoms with Gasteiger partial charge in [-0.1, -0.05) is 53.4 Å². The molecular formula is C28H36AgF10N.